The Balaban J connectivity index is 1.58. The average molecular weight is 438 g/mol. The van der Waals surface area contributed by atoms with E-state index in [4.69, 9.17) is 4.74 Å². The minimum Gasteiger partial charge on any atom is -0.465 e. The zero-order chi connectivity index (χ0) is 22.9. The fourth-order valence-corrected chi connectivity index (χ4v) is 4.33. The van der Waals surface area contributed by atoms with Crippen LogP contribution in [0, 0.1) is 0 Å². The summed E-state index contributed by atoms with van der Waals surface area (Å²) in [4.78, 5) is 29.5. The molecule has 32 heavy (non-hydrogen) atoms. The minimum atomic E-state index is -0.299. The van der Waals surface area contributed by atoms with Gasteiger partial charge in [0.15, 0.2) is 0 Å². The van der Waals surface area contributed by atoms with Crippen molar-refractivity contribution in [3.63, 3.8) is 0 Å². The lowest BCUT2D eigenvalue weighted by Gasteiger charge is -2.23. The van der Waals surface area contributed by atoms with E-state index in [9.17, 15) is 9.59 Å². The van der Waals surface area contributed by atoms with E-state index in [-0.39, 0.29) is 11.9 Å². The predicted molar refractivity (Wildman–Crippen MR) is 128 cm³/mol. The first-order chi connectivity index (χ1) is 15.5. The molecule has 0 radical (unpaired) electrons. The Kier molecular flexibility index (Phi) is 8.82. The second kappa shape index (κ2) is 11.8. The Labute approximate surface area is 191 Å². The molecule has 0 unspecified atom stereocenters. The fourth-order valence-electron chi connectivity index (χ4n) is 4.33. The van der Waals surface area contributed by atoms with Gasteiger partial charge in [-0.05, 0) is 55.1 Å². The Morgan fingerprint density at radius 1 is 0.875 bits per heavy atom. The van der Waals surface area contributed by atoms with Gasteiger partial charge in [0.05, 0.1) is 19.2 Å². The number of hydrogen-bond acceptors (Lipinski definition) is 5. The van der Waals surface area contributed by atoms with Crippen LogP contribution in [-0.2, 0) is 28.9 Å². The van der Waals surface area contributed by atoms with Crippen LogP contribution in [0.5, 0.6) is 0 Å². The molecular weight excluding hydrogens is 402 g/mol. The number of methoxy groups -OCH3 is 1. The van der Waals surface area contributed by atoms with Crippen molar-refractivity contribution in [2.45, 2.75) is 39.7 Å². The summed E-state index contributed by atoms with van der Waals surface area (Å²) in [6.07, 6.45) is 2.78. The molecule has 1 saturated heterocycles. The normalized spacial score (nSPS) is 15.2. The summed E-state index contributed by atoms with van der Waals surface area (Å²) in [5.41, 5.74) is 4.96. The Morgan fingerprint density at radius 3 is 2.19 bits per heavy atom. The van der Waals surface area contributed by atoms with E-state index in [0.29, 0.717) is 18.7 Å². The zero-order valence-electron chi connectivity index (χ0n) is 19.5. The van der Waals surface area contributed by atoms with E-state index in [1.54, 1.807) is 0 Å². The molecule has 1 aliphatic rings. The molecule has 0 spiro atoms. The number of hydrogen-bond donors (Lipinski definition) is 1. The summed E-state index contributed by atoms with van der Waals surface area (Å²) in [6.45, 7) is 8.84. The molecule has 0 aliphatic carbocycles. The van der Waals surface area contributed by atoms with Gasteiger partial charge in [-0.2, -0.15) is 0 Å². The van der Waals surface area contributed by atoms with Crippen LogP contribution in [0.25, 0.3) is 0 Å². The SMILES string of the molecule is CCc1cccc(CC)c1NC(=O)CN1CCCN(Cc2ccccc2C(=O)OC)CC1. The second-order valence-electron chi connectivity index (χ2n) is 8.26. The van der Waals surface area contributed by atoms with Crippen LogP contribution < -0.4 is 5.32 Å². The summed E-state index contributed by atoms with van der Waals surface area (Å²) in [5.74, 6) is -0.252. The van der Waals surface area contributed by atoms with E-state index in [1.807, 2.05) is 24.3 Å². The van der Waals surface area contributed by atoms with E-state index in [0.717, 1.165) is 56.7 Å². The smallest absolute Gasteiger partial charge is 0.338 e. The topological polar surface area (TPSA) is 61.9 Å². The molecule has 1 heterocycles. The number of nitrogens with one attached hydrogen (secondary N) is 1. The lowest BCUT2D eigenvalue weighted by Crippen LogP contribution is -2.36. The third-order valence-corrected chi connectivity index (χ3v) is 6.13. The monoisotopic (exact) mass is 437 g/mol. The lowest BCUT2D eigenvalue weighted by molar-refractivity contribution is -0.117. The van der Waals surface area contributed by atoms with Crippen LogP contribution in [0.2, 0.25) is 0 Å². The first kappa shape index (κ1) is 24.0. The molecule has 1 aliphatic heterocycles. The van der Waals surface area contributed by atoms with Crippen molar-refractivity contribution in [1.82, 2.24) is 9.80 Å². The van der Waals surface area contributed by atoms with Gasteiger partial charge in [-0.3, -0.25) is 14.6 Å². The molecule has 0 atom stereocenters. The number of para-hydroxylation sites is 1. The van der Waals surface area contributed by atoms with Gasteiger partial charge in [-0.15, -0.1) is 0 Å². The first-order valence-electron chi connectivity index (χ1n) is 11.6. The zero-order valence-corrected chi connectivity index (χ0v) is 19.5. The fraction of sp³-hybridized carbons (Fsp3) is 0.462. The largest absolute Gasteiger partial charge is 0.465 e. The third kappa shape index (κ3) is 6.17. The molecule has 6 heteroatoms. The van der Waals surface area contributed by atoms with E-state index < -0.39 is 0 Å². The number of amides is 1. The molecule has 1 N–H and O–H groups in total. The van der Waals surface area contributed by atoms with Crippen molar-refractivity contribution >= 4 is 17.6 Å². The minimum absolute atomic E-state index is 0.0464. The van der Waals surface area contributed by atoms with Gasteiger partial charge in [0.1, 0.15) is 0 Å². The van der Waals surface area contributed by atoms with Crippen molar-refractivity contribution in [2.75, 3.05) is 45.2 Å². The van der Waals surface area contributed by atoms with Gasteiger partial charge in [0, 0.05) is 25.3 Å². The molecule has 3 rings (SSSR count). The average Bonchev–Trinajstić information content (AvgIpc) is 3.03. The third-order valence-electron chi connectivity index (χ3n) is 6.13. The van der Waals surface area contributed by atoms with Crippen LogP contribution in [0.3, 0.4) is 0 Å². The molecule has 2 aromatic rings. The van der Waals surface area contributed by atoms with E-state index >= 15 is 0 Å². The standard InChI is InChI=1S/C26H35N3O3/c1-4-20-11-8-12-21(5-2)25(20)27-24(30)19-29-15-9-14-28(16-17-29)18-22-10-6-7-13-23(22)26(31)32-3/h6-8,10-13H,4-5,9,14-19H2,1-3H3,(H,27,30). The van der Waals surface area contributed by atoms with Crippen LogP contribution >= 0.6 is 0 Å². The Hall–Kier alpha value is -2.70. The van der Waals surface area contributed by atoms with Gasteiger partial charge < -0.3 is 10.1 Å². The molecule has 1 amide bonds. The highest BCUT2D eigenvalue weighted by molar-refractivity contribution is 5.94. The molecule has 0 saturated carbocycles. The number of nitrogens with zero attached hydrogens (tertiary/aromatic N) is 2. The maximum absolute atomic E-state index is 12.8. The molecule has 6 nitrogen and oxygen atoms in total. The summed E-state index contributed by atoms with van der Waals surface area (Å²) >= 11 is 0. The molecule has 0 aromatic heterocycles. The Morgan fingerprint density at radius 2 is 1.50 bits per heavy atom. The highest BCUT2D eigenvalue weighted by Crippen LogP contribution is 2.22. The second-order valence-corrected chi connectivity index (χ2v) is 8.26. The number of esters is 1. The molecular formula is C26H35N3O3. The van der Waals surface area contributed by atoms with Gasteiger partial charge in [0.2, 0.25) is 5.91 Å². The quantitative estimate of drug-likeness (QED) is 0.638. The van der Waals surface area contributed by atoms with Crippen LogP contribution in [0.1, 0.15) is 47.3 Å². The van der Waals surface area contributed by atoms with E-state index in [1.165, 1.54) is 18.2 Å². The molecule has 1 fully saturated rings. The van der Waals surface area contributed by atoms with Crippen molar-refractivity contribution in [3.05, 3.63) is 64.7 Å². The van der Waals surface area contributed by atoms with Crippen LogP contribution in [-0.4, -0.2) is 61.5 Å². The summed E-state index contributed by atoms with van der Waals surface area (Å²) < 4.78 is 4.92. The maximum atomic E-state index is 12.8. The number of benzene rings is 2. The molecule has 0 bridgehead atoms. The van der Waals surface area contributed by atoms with Gasteiger partial charge >= 0.3 is 5.97 Å². The summed E-state index contributed by atoms with van der Waals surface area (Å²) in [5, 5.41) is 3.18. The summed E-state index contributed by atoms with van der Waals surface area (Å²) in [7, 11) is 1.41. The van der Waals surface area contributed by atoms with Crippen molar-refractivity contribution in [1.29, 1.82) is 0 Å². The number of carbonyl (C=O) groups is 2. The number of rotatable bonds is 8. The van der Waals surface area contributed by atoms with E-state index in [2.05, 4.69) is 47.2 Å². The maximum Gasteiger partial charge on any atom is 0.338 e. The Bertz CT molecular complexity index is 906. The molecule has 172 valence electrons. The van der Waals surface area contributed by atoms with Crippen molar-refractivity contribution in [2.24, 2.45) is 0 Å². The highest BCUT2D eigenvalue weighted by atomic mass is 16.5. The number of carbonyl (C=O) groups excluding carboxylic acids is 2. The van der Waals surface area contributed by atoms with Crippen LogP contribution in [0.4, 0.5) is 5.69 Å². The summed E-state index contributed by atoms with van der Waals surface area (Å²) in [6, 6.07) is 13.9. The van der Waals surface area contributed by atoms with Crippen LogP contribution in [0.15, 0.2) is 42.5 Å². The lowest BCUT2D eigenvalue weighted by atomic mass is 10.0. The van der Waals surface area contributed by atoms with Crippen molar-refractivity contribution < 1.29 is 14.3 Å². The van der Waals surface area contributed by atoms with Gasteiger partial charge in [-0.1, -0.05) is 50.2 Å². The van der Waals surface area contributed by atoms with Gasteiger partial charge in [0.25, 0.3) is 0 Å². The molecule has 2 aromatic carbocycles. The number of ether oxygens (including phenoxy) is 1. The number of aryl methyl sites for hydroxylation is 2. The van der Waals surface area contributed by atoms with Crippen molar-refractivity contribution in [3.8, 4) is 0 Å². The number of anilines is 1. The first-order valence-corrected chi connectivity index (χ1v) is 11.6. The highest BCUT2D eigenvalue weighted by Gasteiger charge is 2.20. The predicted octanol–water partition coefficient (Wildman–Crippen LogP) is 3.74. The van der Waals surface area contributed by atoms with Gasteiger partial charge in [-0.25, -0.2) is 4.79 Å².